The number of para-hydroxylation sites is 2. The van der Waals surface area contributed by atoms with E-state index >= 15 is 0 Å². The molecule has 0 unspecified atom stereocenters. The molecule has 0 bridgehead atoms. The lowest BCUT2D eigenvalue weighted by atomic mass is 10.1. The van der Waals surface area contributed by atoms with Crippen molar-refractivity contribution >= 4 is 11.4 Å². The Morgan fingerprint density at radius 1 is 1.16 bits per heavy atom. The third-order valence-corrected chi connectivity index (χ3v) is 3.15. The summed E-state index contributed by atoms with van der Waals surface area (Å²) in [6.45, 7) is 2.92. The Labute approximate surface area is 114 Å². The Bertz CT molecular complexity index is 552. The van der Waals surface area contributed by atoms with Gasteiger partial charge in [0.25, 0.3) is 0 Å². The van der Waals surface area contributed by atoms with Gasteiger partial charge in [-0.3, -0.25) is 0 Å². The number of methoxy groups -OCH3 is 1. The second-order valence-corrected chi connectivity index (χ2v) is 4.57. The molecular formula is C16H20N2O. The Kier molecular flexibility index (Phi) is 4.29. The molecule has 0 atom stereocenters. The fourth-order valence-electron chi connectivity index (χ4n) is 2.10. The number of hydrogen-bond donors (Lipinski definition) is 2. The Morgan fingerprint density at radius 3 is 2.63 bits per heavy atom. The molecule has 0 aliphatic rings. The molecule has 3 nitrogen and oxygen atoms in total. The predicted octanol–water partition coefficient (Wildman–Crippen LogP) is 3.24. The summed E-state index contributed by atoms with van der Waals surface area (Å²) in [7, 11) is 1.70. The maximum Gasteiger partial charge on any atom is 0.121 e. The number of benzene rings is 2. The zero-order valence-electron chi connectivity index (χ0n) is 11.4. The third kappa shape index (κ3) is 3.41. The smallest absolute Gasteiger partial charge is 0.121 e. The van der Waals surface area contributed by atoms with E-state index in [1.54, 1.807) is 7.11 Å². The molecule has 0 aliphatic heterocycles. The zero-order valence-corrected chi connectivity index (χ0v) is 11.4. The quantitative estimate of drug-likeness (QED) is 0.807. The van der Waals surface area contributed by atoms with Crippen LogP contribution in [-0.2, 0) is 6.42 Å². The molecule has 100 valence electrons. The number of nitrogens with two attached hydrogens (primary N) is 1. The summed E-state index contributed by atoms with van der Waals surface area (Å²) < 4.78 is 5.26. The number of nitrogens with one attached hydrogen (secondary N) is 1. The van der Waals surface area contributed by atoms with Crippen LogP contribution in [0.1, 0.15) is 11.1 Å². The van der Waals surface area contributed by atoms with Crippen LogP contribution in [0.3, 0.4) is 0 Å². The average molecular weight is 256 g/mol. The number of rotatable bonds is 5. The van der Waals surface area contributed by atoms with E-state index in [4.69, 9.17) is 10.5 Å². The summed E-state index contributed by atoms with van der Waals surface area (Å²) in [5.41, 5.74) is 10.1. The lowest BCUT2D eigenvalue weighted by Crippen LogP contribution is -2.06. The first-order valence-electron chi connectivity index (χ1n) is 6.42. The van der Waals surface area contributed by atoms with E-state index in [0.717, 1.165) is 30.1 Å². The van der Waals surface area contributed by atoms with Crippen molar-refractivity contribution in [2.75, 3.05) is 24.7 Å². The monoisotopic (exact) mass is 256 g/mol. The minimum absolute atomic E-state index is 0.786. The Balaban J connectivity index is 1.93. The van der Waals surface area contributed by atoms with Gasteiger partial charge in [0.05, 0.1) is 18.5 Å². The summed E-state index contributed by atoms with van der Waals surface area (Å²) >= 11 is 0. The summed E-state index contributed by atoms with van der Waals surface area (Å²) in [5, 5.41) is 3.35. The van der Waals surface area contributed by atoms with E-state index in [1.165, 1.54) is 11.1 Å². The van der Waals surface area contributed by atoms with Gasteiger partial charge in [-0.25, -0.2) is 0 Å². The van der Waals surface area contributed by atoms with Crippen molar-refractivity contribution in [1.82, 2.24) is 0 Å². The van der Waals surface area contributed by atoms with Gasteiger partial charge in [0.1, 0.15) is 5.75 Å². The van der Waals surface area contributed by atoms with Gasteiger partial charge in [-0.05, 0) is 42.7 Å². The molecule has 0 saturated heterocycles. The van der Waals surface area contributed by atoms with Crippen molar-refractivity contribution in [1.29, 1.82) is 0 Å². The maximum absolute atomic E-state index is 5.88. The second kappa shape index (κ2) is 6.14. The summed E-state index contributed by atoms with van der Waals surface area (Å²) in [6.07, 6.45) is 0.958. The van der Waals surface area contributed by atoms with Gasteiger partial charge >= 0.3 is 0 Å². The lowest BCUT2D eigenvalue weighted by molar-refractivity contribution is 0.411. The number of nitrogen functional groups attached to an aromatic ring is 1. The van der Waals surface area contributed by atoms with Crippen molar-refractivity contribution in [3.8, 4) is 5.75 Å². The van der Waals surface area contributed by atoms with Crippen LogP contribution in [0.4, 0.5) is 11.4 Å². The molecule has 0 radical (unpaired) electrons. The number of hydrogen-bond acceptors (Lipinski definition) is 3. The molecule has 3 heteroatoms. The first-order chi connectivity index (χ1) is 9.20. The van der Waals surface area contributed by atoms with Gasteiger partial charge in [0.2, 0.25) is 0 Å². The van der Waals surface area contributed by atoms with E-state index in [-0.39, 0.29) is 0 Å². The standard InChI is InChI=1S/C16H20N2O/c1-12-11-13(7-8-16(12)19-2)9-10-18-15-6-4-3-5-14(15)17/h3-8,11,18H,9-10,17H2,1-2H3. The van der Waals surface area contributed by atoms with Gasteiger partial charge in [0, 0.05) is 6.54 Å². The van der Waals surface area contributed by atoms with Gasteiger partial charge in [-0.15, -0.1) is 0 Å². The highest BCUT2D eigenvalue weighted by Gasteiger charge is 2.01. The molecule has 0 aromatic heterocycles. The third-order valence-electron chi connectivity index (χ3n) is 3.15. The van der Waals surface area contributed by atoms with Crippen LogP contribution >= 0.6 is 0 Å². The van der Waals surface area contributed by atoms with Crippen molar-refractivity contribution in [2.45, 2.75) is 13.3 Å². The second-order valence-electron chi connectivity index (χ2n) is 4.57. The minimum Gasteiger partial charge on any atom is -0.496 e. The fraction of sp³-hybridized carbons (Fsp3) is 0.250. The van der Waals surface area contributed by atoms with Crippen molar-refractivity contribution in [3.05, 3.63) is 53.6 Å². The summed E-state index contributed by atoms with van der Waals surface area (Å²) in [6, 6.07) is 14.1. The van der Waals surface area contributed by atoms with Crippen LogP contribution in [-0.4, -0.2) is 13.7 Å². The lowest BCUT2D eigenvalue weighted by Gasteiger charge is -2.10. The number of ether oxygens (including phenoxy) is 1. The molecule has 2 aromatic rings. The highest BCUT2D eigenvalue weighted by molar-refractivity contribution is 5.65. The molecule has 19 heavy (non-hydrogen) atoms. The van der Waals surface area contributed by atoms with Crippen molar-refractivity contribution in [2.24, 2.45) is 0 Å². The van der Waals surface area contributed by atoms with E-state index in [0.29, 0.717) is 0 Å². The van der Waals surface area contributed by atoms with Crippen LogP contribution in [0.25, 0.3) is 0 Å². The molecule has 3 N–H and O–H groups in total. The SMILES string of the molecule is COc1ccc(CCNc2ccccc2N)cc1C. The molecule has 2 rings (SSSR count). The van der Waals surface area contributed by atoms with Crippen molar-refractivity contribution in [3.63, 3.8) is 0 Å². The minimum atomic E-state index is 0.786. The predicted molar refractivity (Wildman–Crippen MR) is 80.8 cm³/mol. The summed E-state index contributed by atoms with van der Waals surface area (Å²) in [4.78, 5) is 0. The molecule has 0 aliphatic carbocycles. The molecule has 0 amide bonds. The van der Waals surface area contributed by atoms with Crippen LogP contribution in [0, 0.1) is 6.92 Å². The van der Waals surface area contributed by atoms with Crippen LogP contribution in [0.5, 0.6) is 5.75 Å². The highest BCUT2D eigenvalue weighted by Crippen LogP contribution is 2.20. The molecule has 0 saturated carbocycles. The normalized spacial score (nSPS) is 10.2. The van der Waals surface area contributed by atoms with E-state index in [9.17, 15) is 0 Å². The fourth-order valence-corrected chi connectivity index (χ4v) is 2.10. The average Bonchev–Trinajstić information content (AvgIpc) is 2.41. The molecular weight excluding hydrogens is 236 g/mol. The number of aryl methyl sites for hydroxylation is 1. The van der Waals surface area contributed by atoms with Gasteiger partial charge in [0.15, 0.2) is 0 Å². The van der Waals surface area contributed by atoms with E-state index in [1.807, 2.05) is 30.3 Å². The Morgan fingerprint density at radius 2 is 1.95 bits per heavy atom. The van der Waals surface area contributed by atoms with E-state index in [2.05, 4.69) is 24.4 Å². The maximum atomic E-state index is 5.88. The highest BCUT2D eigenvalue weighted by atomic mass is 16.5. The van der Waals surface area contributed by atoms with Crippen LogP contribution in [0.15, 0.2) is 42.5 Å². The molecule has 0 heterocycles. The largest absolute Gasteiger partial charge is 0.496 e. The molecule has 0 fully saturated rings. The van der Waals surface area contributed by atoms with Crippen LogP contribution in [0.2, 0.25) is 0 Å². The first-order valence-corrected chi connectivity index (χ1v) is 6.42. The van der Waals surface area contributed by atoms with Crippen LogP contribution < -0.4 is 15.8 Å². The zero-order chi connectivity index (χ0) is 13.7. The van der Waals surface area contributed by atoms with Crippen molar-refractivity contribution < 1.29 is 4.74 Å². The van der Waals surface area contributed by atoms with Gasteiger partial charge < -0.3 is 15.8 Å². The molecule has 0 spiro atoms. The van der Waals surface area contributed by atoms with Gasteiger partial charge in [-0.1, -0.05) is 24.3 Å². The Hall–Kier alpha value is -2.16. The summed E-state index contributed by atoms with van der Waals surface area (Å²) in [5.74, 6) is 0.934. The number of anilines is 2. The van der Waals surface area contributed by atoms with Gasteiger partial charge in [-0.2, -0.15) is 0 Å². The molecule has 2 aromatic carbocycles. The van der Waals surface area contributed by atoms with E-state index < -0.39 is 0 Å². The first kappa shape index (κ1) is 13.3. The topological polar surface area (TPSA) is 47.3 Å².